The van der Waals surface area contributed by atoms with Crippen LogP contribution in [0.25, 0.3) is 11.1 Å². The number of hydrogen-bond donors (Lipinski definition) is 0. The number of hydrogen-bond acceptors (Lipinski definition) is 3. The van der Waals surface area contributed by atoms with Crippen LogP contribution in [0.4, 0.5) is 0 Å². The topological polar surface area (TPSA) is 35.5 Å². The van der Waals surface area contributed by atoms with E-state index in [1.165, 1.54) is 0 Å². The Labute approximate surface area is 134 Å². The van der Waals surface area contributed by atoms with E-state index in [2.05, 4.69) is 12.1 Å². The van der Waals surface area contributed by atoms with Crippen LogP contribution in [0.5, 0.6) is 11.5 Å². The molecule has 0 radical (unpaired) electrons. The maximum Gasteiger partial charge on any atom is 0.231 e. The highest BCUT2D eigenvalue weighted by molar-refractivity contribution is 6.09. The van der Waals surface area contributed by atoms with E-state index < -0.39 is 0 Å². The van der Waals surface area contributed by atoms with E-state index in [1.54, 1.807) is 18.2 Å². The summed E-state index contributed by atoms with van der Waals surface area (Å²) in [4.78, 5) is 12.6. The van der Waals surface area contributed by atoms with Crippen LogP contribution < -0.4 is 9.47 Å². The van der Waals surface area contributed by atoms with Gasteiger partial charge in [0.15, 0.2) is 17.3 Å². The normalized spacial score (nSPS) is 12.2. The van der Waals surface area contributed by atoms with Crippen LogP contribution in [0.3, 0.4) is 0 Å². The molecule has 0 N–H and O–H groups in total. The Morgan fingerprint density at radius 2 is 1.35 bits per heavy atom. The minimum absolute atomic E-state index is 0.0251. The van der Waals surface area contributed by atoms with Crippen molar-refractivity contribution in [3.63, 3.8) is 0 Å². The number of fused-ring (bicyclic) bond motifs is 1. The van der Waals surface area contributed by atoms with Crippen molar-refractivity contribution < 1.29 is 14.3 Å². The van der Waals surface area contributed by atoms with E-state index in [-0.39, 0.29) is 12.6 Å². The Balaban J connectivity index is 1.62. The van der Waals surface area contributed by atoms with Crippen molar-refractivity contribution >= 4 is 5.78 Å². The highest BCUT2D eigenvalue weighted by Crippen LogP contribution is 2.33. The van der Waals surface area contributed by atoms with Crippen molar-refractivity contribution in [3.8, 4) is 22.6 Å². The molecule has 0 bridgehead atoms. The molecule has 3 aromatic carbocycles. The molecule has 3 aromatic rings. The first kappa shape index (κ1) is 13.6. The minimum Gasteiger partial charge on any atom is -0.454 e. The van der Waals surface area contributed by atoms with Crippen LogP contribution in [0.1, 0.15) is 15.9 Å². The maximum absolute atomic E-state index is 12.6. The second-order valence-electron chi connectivity index (χ2n) is 5.34. The fourth-order valence-electron chi connectivity index (χ4n) is 2.65. The maximum atomic E-state index is 12.6. The van der Waals surface area contributed by atoms with E-state index >= 15 is 0 Å². The number of benzene rings is 3. The van der Waals surface area contributed by atoms with Gasteiger partial charge < -0.3 is 9.47 Å². The van der Waals surface area contributed by atoms with Crippen molar-refractivity contribution in [2.24, 2.45) is 0 Å². The zero-order chi connectivity index (χ0) is 15.6. The van der Waals surface area contributed by atoms with Gasteiger partial charge in [0.05, 0.1) is 0 Å². The third kappa shape index (κ3) is 2.57. The fourth-order valence-corrected chi connectivity index (χ4v) is 2.65. The Kier molecular flexibility index (Phi) is 3.31. The van der Waals surface area contributed by atoms with Crippen molar-refractivity contribution in [1.82, 2.24) is 0 Å². The first-order valence-corrected chi connectivity index (χ1v) is 7.41. The van der Waals surface area contributed by atoms with Crippen LogP contribution in [0, 0.1) is 0 Å². The summed E-state index contributed by atoms with van der Waals surface area (Å²) in [5.41, 5.74) is 3.48. The molecule has 0 unspecified atom stereocenters. The smallest absolute Gasteiger partial charge is 0.231 e. The zero-order valence-corrected chi connectivity index (χ0v) is 12.4. The van der Waals surface area contributed by atoms with Gasteiger partial charge >= 0.3 is 0 Å². The SMILES string of the molecule is O=C(c1ccc(-c2ccccc2)cc1)c1ccc2c(c1)OCO2. The van der Waals surface area contributed by atoms with Crippen LogP contribution in [-0.2, 0) is 0 Å². The number of rotatable bonds is 3. The van der Waals surface area contributed by atoms with Gasteiger partial charge in [-0.25, -0.2) is 0 Å². The van der Waals surface area contributed by atoms with Gasteiger partial charge in [-0.3, -0.25) is 4.79 Å². The molecule has 1 heterocycles. The number of carbonyl (C=O) groups is 1. The van der Waals surface area contributed by atoms with Crippen LogP contribution in [0.2, 0.25) is 0 Å². The minimum atomic E-state index is -0.0251. The van der Waals surface area contributed by atoms with E-state index in [1.807, 2.05) is 42.5 Å². The molecule has 0 aromatic heterocycles. The Hall–Kier alpha value is -3.07. The largest absolute Gasteiger partial charge is 0.454 e. The lowest BCUT2D eigenvalue weighted by atomic mass is 9.99. The summed E-state index contributed by atoms with van der Waals surface area (Å²) in [6, 6.07) is 23.0. The summed E-state index contributed by atoms with van der Waals surface area (Å²) in [5.74, 6) is 1.28. The number of ketones is 1. The third-order valence-electron chi connectivity index (χ3n) is 3.89. The van der Waals surface area contributed by atoms with Gasteiger partial charge in [-0.1, -0.05) is 54.6 Å². The molecule has 3 heteroatoms. The summed E-state index contributed by atoms with van der Waals surface area (Å²) >= 11 is 0. The van der Waals surface area contributed by atoms with Gasteiger partial charge in [0.2, 0.25) is 6.79 Å². The molecule has 0 spiro atoms. The monoisotopic (exact) mass is 302 g/mol. The highest BCUT2D eigenvalue weighted by atomic mass is 16.7. The Morgan fingerprint density at radius 3 is 2.13 bits per heavy atom. The van der Waals surface area contributed by atoms with Crippen LogP contribution in [0.15, 0.2) is 72.8 Å². The Morgan fingerprint density at radius 1 is 0.696 bits per heavy atom. The van der Waals surface area contributed by atoms with Gasteiger partial charge in [-0.2, -0.15) is 0 Å². The fraction of sp³-hybridized carbons (Fsp3) is 0.0500. The lowest BCUT2D eigenvalue weighted by Crippen LogP contribution is -2.01. The zero-order valence-electron chi connectivity index (χ0n) is 12.4. The van der Waals surface area contributed by atoms with E-state index in [9.17, 15) is 4.79 Å². The molecular formula is C20H14O3. The third-order valence-corrected chi connectivity index (χ3v) is 3.89. The predicted molar refractivity (Wildman–Crippen MR) is 87.9 cm³/mol. The Bertz CT molecular complexity index is 852. The first-order valence-electron chi connectivity index (χ1n) is 7.41. The number of ether oxygens (including phenoxy) is 2. The van der Waals surface area contributed by atoms with E-state index in [0.29, 0.717) is 22.6 Å². The summed E-state index contributed by atoms with van der Waals surface area (Å²) in [5, 5.41) is 0. The van der Waals surface area contributed by atoms with Crippen molar-refractivity contribution in [2.45, 2.75) is 0 Å². The molecule has 0 amide bonds. The van der Waals surface area contributed by atoms with Gasteiger partial charge in [0.25, 0.3) is 0 Å². The number of carbonyl (C=O) groups excluding carboxylic acids is 1. The first-order chi connectivity index (χ1) is 11.3. The molecule has 0 fully saturated rings. The van der Waals surface area contributed by atoms with Crippen LogP contribution >= 0.6 is 0 Å². The summed E-state index contributed by atoms with van der Waals surface area (Å²) in [6.45, 7) is 0.207. The van der Waals surface area contributed by atoms with Crippen molar-refractivity contribution in [1.29, 1.82) is 0 Å². The van der Waals surface area contributed by atoms with Gasteiger partial charge in [0.1, 0.15) is 0 Å². The predicted octanol–water partition coefficient (Wildman–Crippen LogP) is 4.31. The van der Waals surface area contributed by atoms with Gasteiger partial charge in [0, 0.05) is 11.1 Å². The van der Waals surface area contributed by atoms with E-state index in [4.69, 9.17) is 9.47 Å². The second-order valence-corrected chi connectivity index (χ2v) is 5.34. The molecule has 0 aliphatic carbocycles. The second kappa shape index (κ2) is 5.61. The molecule has 1 aliphatic rings. The standard InChI is InChI=1S/C20H14O3/c21-20(17-10-11-18-19(12-17)23-13-22-18)16-8-6-15(7-9-16)14-4-2-1-3-5-14/h1-12H,13H2. The average molecular weight is 302 g/mol. The summed E-state index contributed by atoms with van der Waals surface area (Å²) in [6.07, 6.45) is 0. The lowest BCUT2D eigenvalue weighted by molar-refractivity contribution is 0.103. The molecule has 1 aliphatic heterocycles. The summed E-state index contributed by atoms with van der Waals surface area (Å²) in [7, 11) is 0. The van der Waals surface area contributed by atoms with Crippen molar-refractivity contribution in [3.05, 3.63) is 83.9 Å². The quantitative estimate of drug-likeness (QED) is 0.676. The molecule has 0 saturated carbocycles. The summed E-state index contributed by atoms with van der Waals surface area (Å²) < 4.78 is 10.6. The molecule has 23 heavy (non-hydrogen) atoms. The van der Waals surface area contributed by atoms with Gasteiger partial charge in [-0.05, 0) is 29.3 Å². The molecule has 3 nitrogen and oxygen atoms in total. The van der Waals surface area contributed by atoms with Crippen LogP contribution in [-0.4, -0.2) is 12.6 Å². The highest BCUT2D eigenvalue weighted by Gasteiger charge is 2.17. The average Bonchev–Trinajstić information content (AvgIpc) is 3.10. The molecule has 0 atom stereocenters. The van der Waals surface area contributed by atoms with Crippen molar-refractivity contribution in [2.75, 3.05) is 6.79 Å². The molecule has 0 saturated heterocycles. The molecular weight excluding hydrogens is 288 g/mol. The molecule has 112 valence electrons. The van der Waals surface area contributed by atoms with E-state index in [0.717, 1.165) is 11.1 Å². The van der Waals surface area contributed by atoms with Gasteiger partial charge in [-0.15, -0.1) is 0 Å². The lowest BCUT2D eigenvalue weighted by Gasteiger charge is -2.05. The molecule has 4 rings (SSSR count).